The lowest BCUT2D eigenvalue weighted by atomic mass is 10.2. The Morgan fingerprint density at radius 2 is 2.15 bits per heavy atom. The van der Waals surface area contributed by atoms with Crippen LogP contribution < -0.4 is 5.32 Å². The van der Waals surface area contributed by atoms with Gasteiger partial charge >= 0.3 is 6.03 Å². The summed E-state index contributed by atoms with van der Waals surface area (Å²) in [6, 6.07) is 10.8. The van der Waals surface area contributed by atoms with Crippen molar-refractivity contribution < 1.29 is 4.79 Å². The Hall–Kier alpha value is -1.99. The van der Waals surface area contributed by atoms with Gasteiger partial charge in [0.15, 0.2) is 0 Å². The number of hydrogen-bond donors (Lipinski definition) is 1. The van der Waals surface area contributed by atoms with Crippen LogP contribution in [-0.2, 0) is 26.2 Å². The van der Waals surface area contributed by atoms with Crippen LogP contribution in [0.15, 0.2) is 35.2 Å². The van der Waals surface area contributed by atoms with E-state index in [0.717, 1.165) is 38.3 Å². The highest BCUT2D eigenvalue weighted by atomic mass is 32.2. The zero-order valence-corrected chi connectivity index (χ0v) is 16.6. The van der Waals surface area contributed by atoms with Gasteiger partial charge < -0.3 is 10.2 Å². The maximum atomic E-state index is 11.7. The largest absolute Gasteiger partial charge is 0.332 e. The molecule has 2 aromatic rings. The molecule has 0 spiro atoms. The average molecular weight is 374 g/mol. The first kappa shape index (κ1) is 18.8. The quantitative estimate of drug-likeness (QED) is 0.819. The summed E-state index contributed by atoms with van der Waals surface area (Å²) in [5.74, 6) is 0. The van der Waals surface area contributed by atoms with E-state index < -0.39 is 0 Å². The number of fused-ring (bicyclic) bond motifs is 1. The first-order valence-electron chi connectivity index (χ1n) is 8.91. The lowest BCUT2D eigenvalue weighted by molar-refractivity contribution is 0.217. The van der Waals surface area contributed by atoms with Crippen LogP contribution in [0.1, 0.15) is 23.4 Å². The SMILES string of the molecule is CSc1cccc(CN2CCCn3nc(CNC(=O)N(C)C)cc3C2)c1. The molecule has 3 rings (SSSR count). The molecule has 2 amide bonds. The smallest absolute Gasteiger partial charge is 0.317 e. The second-order valence-electron chi connectivity index (χ2n) is 6.82. The number of nitrogens with one attached hydrogen (secondary N) is 1. The highest BCUT2D eigenvalue weighted by molar-refractivity contribution is 7.98. The van der Waals surface area contributed by atoms with Crippen molar-refractivity contribution in [3.05, 3.63) is 47.3 Å². The van der Waals surface area contributed by atoms with Crippen molar-refractivity contribution in [1.82, 2.24) is 24.9 Å². The van der Waals surface area contributed by atoms with Gasteiger partial charge in [-0.05, 0) is 36.4 Å². The van der Waals surface area contributed by atoms with E-state index in [1.54, 1.807) is 25.9 Å². The predicted molar refractivity (Wildman–Crippen MR) is 105 cm³/mol. The van der Waals surface area contributed by atoms with Gasteiger partial charge in [-0.15, -0.1) is 11.8 Å². The summed E-state index contributed by atoms with van der Waals surface area (Å²) < 4.78 is 2.09. The molecule has 1 aromatic carbocycles. The number of amides is 2. The second kappa shape index (κ2) is 8.60. The van der Waals surface area contributed by atoms with Crippen molar-refractivity contribution in [1.29, 1.82) is 0 Å². The van der Waals surface area contributed by atoms with Crippen LogP contribution in [0.4, 0.5) is 4.79 Å². The maximum absolute atomic E-state index is 11.7. The highest BCUT2D eigenvalue weighted by Gasteiger charge is 2.17. The number of rotatable bonds is 5. The van der Waals surface area contributed by atoms with Crippen molar-refractivity contribution in [2.24, 2.45) is 0 Å². The third-order valence-corrected chi connectivity index (χ3v) is 5.24. The van der Waals surface area contributed by atoms with E-state index in [4.69, 9.17) is 0 Å². The first-order chi connectivity index (χ1) is 12.5. The van der Waals surface area contributed by atoms with Gasteiger partial charge in [0.25, 0.3) is 0 Å². The zero-order valence-electron chi connectivity index (χ0n) is 15.7. The van der Waals surface area contributed by atoms with Crippen LogP contribution in [0, 0.1) is 0 Å². The molecule has 0 bridgehead atoms. The molecule has 1 aliphatic rings. The number of carbonyl (C=O) groups is 1. The van der Waals surface area contributed by atoms with Gasteiger partial charge in [0, 0.05) is 45.2 Å². The van der Waals surface area contributed by atoms with Crippen molar-refractivity contribution in [3.8, 4) is 0 Å². The molecule has 0 saturated heterocycles. The minimum Gasteiger partial charge on any atom is -0.332 e. The summed E-state index contributed by atoms with van der Waals surface area (Å²) in [6.45, 7) is 4.30. The Kier molecular flexibility index (Phi) is 6.21. The number of aryl methyl sites for hydroxylation is 1. The lowest BCUT2D eigenvalue weighted by Gasteiger charge is -2.19. The van der Waals surface area contributed by atoms with E-state index in [2.05, 4.69) is 56.6 Å². The van der Waals surface area contributed by atoms with Gasteiger partial charge in [-0.1, -0.05) is 12.1 Å². The van der Waals surface area contributed by atoms with Crippen LogP contribution in [0.3, 0.4) is 0 Å². The lowest BCUT2D eigenvalue weighted by Crippen LogP contribution is -2.34. The van der Waals surface area contributed by atoms with Gasteiger partial charge in [-0.2, -0.15) is 5.10 Å². The fourth-order valence-electron chi connectivity index (χ4n) is 3.16. The van der Waals surface area contributed by atoms with Gasteiger partial charge in [0.1, 0.15) is 0 Å². The normalized spacial score (nSPS) is 14.6. The molecule has 0 atom stereocenters. The summed E-state index contributed by atoms with van der Waals surface area (Å²) >= 11 is 1.78. The van der Waals surface area contributed by atoms with Crippen molar-refractivity contribution >= 4 is 17.8 Å². The number of hydrogen-bond acceptors (Lipinski definition) is 4. The summed E-state index contributed by atoms with van der Waals surface area (Å²) in [5, 5.41) is 7.55. The Morgan fingerprint density at radius 1 is 1.31 bits per heavy atom. The summed E-state index contributed by atoms with van der Waals surface area (Å²) in [6.07, 6.45) is 3.20. The minimum absolute atomic E-state index is 0.0940. The Balaban J connectivity index is 1.64. The molecule has 0 radical (unpaired) electrons. The molecule has 0 saturated carbocycles. The molecule has 1 aliphatic heterocycles. The fourth-order valence-corrected chi connectivity index (χ4v) is 3.65. The van der Waals surface area contributed by atoms with E-state index in [9.17, 15) is 4.79 Å². The molecule has 1 aromatic heterocycles. The predicted octanol–water partition coefficient (Wildman–Crippen LogP) is 2.78. The molecule has 2 heterocycles. The number of urea groups is 1. The Bertz CT molecular complexity index is 758. The van der Waals surface area contributed by atoms with E-state index in [0.29, 0.717) is 6.54 Å². The molecule has 6 nitrogen and oxygen atoms in total. The van der Waals surface area contributed by atoms with Gasteiger partial charge in [-0.3, -0.25) is 9.58 Å². The Morgan fingerprint density at radius 3 is 2.92 bits per heavy atom. The molecule has 0 unspecified atom stereocenters. The second-order valence-corrected chi connectivity index (χ2v) is 7.70. The first-order valence-corrected chi connectivity index (χ1v) is 10.1. The van der Waals surface area contributed by atoms with Crippen molar-refractivity contribution in [2.45, 2.75) is 37.5 Å². The Labute approximate surface area is 159 Å². The average Bonchev–Trinajstić information content (AvgIpc) is 2.91. The van der Waals surface area contributed by atoms with Crippen molar-refractivity contribution in [3.63, 3.8) is 0 Å². The highest BCUT2D eigenvalue weighted by Crippen LogP contribution is 2.20. The molecular weight excluding hydrogens is 346 g/mol. The summed E-state index contributed by atoms with van der Waals surface area (Å²) in [7, 11) is 3.48. The van der Waals surface area contributed by atoms with E-state index in [1.165, 1.54) is 21.1 Å². The third kappa shape index (κ3) is 4.80. The monoisotopic (exact) mass is 373 g/mol. The molecular formula is C19H27N5OS. The minimum atomic E-state index is -0.0940. The van der Waals surface area contributed by atoms with E-state index in [-0.39, 0.29) is 6.03 Å². The standard InChI is InChI=1S/C19H27N5OS/c1-22(2)19(25)20-12-16-11-17-14-23(8-5-9-24(17)21-16)13-15-6-4-7-18(10-15)26-3/h4,6-7,10-11H,5,8-9,12-14H2,1-3H3,(H,20,25). The number of thioether (sulfide) groups is 1. The van der Waals surface area contributed by atoms with Crippen molar-refractivity contribution in [2.75, 3.05) is 26.9 Å². The number of aromatic nitrogens is 2. The van der Waals surface area contributed by atoms with E-state index >= 15 is 0 Å². The molecule has 1 N–H and O–H groups in total. The van der Waals surface area contributed by atoms with Crippen LogP contribution in [0.25, 0.3) is 0 Å². The van der Waals surface area contributed by atoms with Gasteiger partial charge in [0.05, 0.1) is 17.9 Å². The topological polar surface area (TPSA) is 53.4 Å². The summed E-state index contributed by atoms with van der Waals surface area (Å²) in [4.78, 5) is 17.0. The fraction of sp³-hybridized carbons (Fsp3) is 0.474. The molecule has 140 valence electrons. The van der Waals surface area contributed by atoms with Gasteiger partial charge in [-0.25, -0.2) is 4.79 Å². The number of carbonyl (C=O) groups excluding carboxylic acids is 1. The van der Waals surface area contributed by atoms with Crippen LogP contribution >= 0.6 is 11.8 Å². The zero-order chi connectivity index (χ0) is 18.5. The molecule has 7 heteroatoms. The molecule has 0 fully saturated rings. The molecule has 26 heavy (non-hydrogen) atoms. The van der Waals surface area contributed by atoms with Crippen LogP contribution in [0.5, 0.6) is 0 Å². The van der Waals surface area contributed by atoms with Gasteiger partial charge in [0.2, 0.25) is 0 Å². The van der Waals surface area contributed by atoms with E-state index in [1.807, 2.05) is 0 Å². The molecule has 0 aliphatic carbocycles. The van der Waals surface area contributed by atoms with Crippen LogP contribution in [-0.4, -0.2) is 52.5 Å². The number of nitrogens with zero attached hydrogens (tertiary/aromatic N) is 4. The summed E-state index contributed by atoms with van der Waals surface area (Å²) in [5.41, 5.74) is 3.49. The maximum Gasteiger partial charge on any atom is 0.317 e. The third-order valence-electron chi connectivity index (χ3n) is 4.51. The number of benzene rings is 1. The van der Waals surface area contributed by atoms with Crippen LogP contribution in [0.2, 0.25) is 0 Å².